The number of amides is 1. The van der Waals surface area contributed by atoms with E-state index in [0.29, 0.717) is 6.04 Å². The number of nitrogens with zero attached hydrogens (tertiary/aromatic N) is 1. The number of carbonyl (C=O) groups excluding carboxylic acids is 1. The van der Waals surface area contributed by atoms with Crippen LogP contribution in [0, 0.1) is 11.8 Å². The van der Waals surface area contributed by atoms with Crippen LogP contribution in [0.25, 0.3) is 0 Å². The Morgan fingerprint density at radius 2 is 1.81 bits per heavy atom. The maximum Gasteiger partial charge on any atom is 0.221 e. The van der Waals surface area contributed by atoms with Gasteiger partial charge >= 0.3 is 0 Å². The summed E-state index contributed by atoms with van der Waals surface area (Å²) in [5.74, 6) is 6.37. The van der Waals surface area contributed by atoms with Gasteiger partial charge in [-0.15, -0.1) is 0 Å². The van der Waals surface area contributed by atoms with E-state index in [-0.39, 0.29) is 5.91 Å². The molecule has 0 unspecified atom stereocenters. The van der Waals surface area contributed by atoms with Crippen molar-refractivity contribution in [1.82, 2.24) is 4.90 Å². The highest BCUT2D eigenvalue weighted by atomic mass is 16.1. The van der Waals surface area contributed by atoms with Gasteiger partial charge < -0.3 is 5.32 Å². The number of benzene rings is 2. The summed E-state index contributed by atoms with van der Waals surface area (Å²) in [7, 11) is 0. The molecule has 2 aromatic carbocycles. The zero-order valence-corrected chi connectivity index (χ0v) is 15.9. The number of piperidine rings is 1. The highest BCUT2D eigenvalue weighted by molar-refractivity contribution is 5.88. The zero-order valence-electron chi connectivity index (χ0n) is 15.9. The van der Waals surface area contributed by atoms with Crippen LogP contribution in [0.1, 0.15) is 61.8 Å². The summed E-state index contributed by atoms with van der Waals surface area (Å²) in [6.45, 7) is 2.76. The lowest BCUT2D eigenvalue weighted by Crippen LogP contribution is -2.35. The minimum absolute atomic E-state index is 0.0708. The second kappa shape index (κ2) is 7.98. The van der Waals surface area contributed by atoms with Gasteiger partial charge in [-0.25, -0.2) is 0 Å². The number of anilines is 1. The summed E-state index contributed by atoms with van der Waals surface area (Å²) in [6, 6.07) is 17.8. The summed E-state index contributed by atoms with van der Waals surface area (Å²) in [5, 5.41) is 2.79. The van der Waals surface area contributed by atoms with Crippen molar-refractivity contribution in [2.75, 3.05) is 11.9 Å². The largest absolute Gasteiger partial charge is 0.326 e. The first-order valence-corrected chi connectivity index (χ1v) is 9.94. The molecule has 138 valence electrons. The summed E-state index contributed by atoms with van der Waals surface area (Å²) < 4.78 is 0. The van der Waals surface area contributed by atoms with E-state index in [2.05, 4.69) is 46.3 Å². The summed E-state index contributed by atoms with van der Waals surface area (Å²) in [5.41, 5.74) is 4.13. The molecule has 0 aromatic heterocycles. The number of fused-ring (bicyclic) bond motifs is 1. The molecule has 1 amide bonds. The number of hydrogen-bond acceptors (Lipinski definition) is 2. The summed E-state index contributed by atoms with van der Waals surface area (Å²) >= 11 is 0. The molecule has 2 aliphatic rings. The molecule has 0 aliphatic carbocycles. The Hall–Kier alpha value is -2.57. The van der Waals surface area contributed by atoms with Gasteiger partial charge in [0.25, 0.3) is 0 Å². The standard InChI is InChI=1S/C24H26N2O/c1-18(27)25-22-6-4-5-20(17-22)9-8-19-10-12-21(13-11-19)24-15-14-23-7-2-3-16-26(23)24/h4-6,10-13,17,23-24H,2-3,7,14-16H2,1H3,(H,25,27)/t23-,24-/m0/s1. The second-order valence-electron chi connectivity index (χ2n) is 7.61. The van der Waals surface area contributed by atoms with Gasteiger partial charge in [-0.05, 0) is 68.1 Å². The van der Waals surface area contributed by atoms with Crippen LogP contribution >= 0.6 is 0 Å². The van der Waals surface area contributed by atoms with Gasteiger partial charge in [0.05, 0.1) is 0 Å². The van der Waals surface area contributed by atoms with Gasteiger partial charge in [0, 0.05) is 35.8 Å². The third-order valence-corrected chi connectivity index (χ3v) is 5.68. The van der Waals surface area contributed by atoms with Crippen molar-refractivity contribution in [2.24, 2.45) is 0 Å². The molecule has 3 nitrogen and oxygen atoms in total. The van der Waals surface area contributed by atoms with Crippen molar-refractivity contribution in [3.8, 4) is 11.8 Å². The lowest BCUT2D eigenvalue weighted by molar-refractivity contribution is -0.114. The number of nitrogens with one attached hydrogen (secondary N) is 1. The third kappa shape index (κ3) is 4.23. The molecule has 4 rings (SSSR count). The summed E-state index contributed by atoms with van der Waals surface area (Å²) in [4.78, 5) is 13.9. The van der Waals surface area contributed by atoms with Crippen LogP contribution in [0.3, 0.4) is 0 Å². The molecule has 2 atom stereocenters. The first-order chi connectivity index (χ1) is 13.2. The molecule has 0 radical (unpaired) electrons. The van der Waals surface area contributed by atoms with Crippen LogP contribution in [0.5, 0.6) is 0 Å². The Bertz CT molecular complexity index is 875. The minimum atomic E-state index is -0.0708. The molecule has 2 saturated heterocycles. The second-order valence-corrected chi connectivity index (χ2v) is 7.61. The highest BCUT2D eigenvalue weighted by Crippen LogP contribution is 2.40. The maximum absolute atomic E-state index is 11.2. The van der Waals surface area contributed by atoms with Crippen LogP contribution < -0.4 is 5.32 Å². The van der Waals surface area contributed by atoms with E-state index >= 15 is 0 Å². The predicted molar refractivity (Wildman–Crippen MR) is 109 cm³/mol. The van der Waals surface area contributed by atoms with Gasteiger partial charge in [0.1, 0.15) is 0 Å². The Labute approximate surface area is 161 Å². The van der Waals surface area contributed by atoms with Crippen LogP contribution in [0.4, 0.5) is 5.69 Å². The fourth-order valence-corrected chi connectivity index (χ4v) is 4.43. The number of carbonyl (C=O) groups is 1. The molecule has 0 spiro atoms. The first kappa shape index (κ1) is 17.8. The van der Waals surface area contributed by atoms with E-state index in [1.165, 1.54) is 51.1 Å². The molecule has 0 bridgehead atoms. The smallest absolute Gasteiger partial charge is 0.221 e. The molecule has 3 heteroatoms. The Kier molecular flexibility index (Phi) is 5.27. The van der Waals surface area contributed by atoms with E-state index in [1.807, 2.05) is 24.3 Å². The Morgan fingerprint density at radius 1 is 1.00 bits per heavy atom. The molecule has 2 aromatic rings. The molecule has 2 aliphatic heterocycles. The molecular weight excluding hydrogens is 332 g/mol. The van der Waals surface area contributed by atoms with Crippen LogP contribution in [0.2, 0.25) is 0 Å². The SMILES string of the molecule is CC(=O)Nc1cccc(C#Cc2ccc([C@@H]3CC[C@@H]4CCCCN43)cc2)c1. The predicted octanol–water partition coefficient (Wildman–Crippen LogP) is 4.73. The molecule has 27 heavy (non-hydrogen) atoms. The lowest BCUT2D eigenvalue weighted by atomic mass is 10.0. The quantitative estimate of drug-likeness (QED) is 0.787. The van der Waals surface area contributed by atoms with Crippen molar-refractivity contribution in [1.29, 1.82) is 0 Å². The Morgan fingerprint density at radius 3 is 2.63 bits per heavy atom. The molecule has 1 N–H and O–H groups in total. The fourth-order valence-electron chi connectivity index (χ4n) is 4.43. The van der Waals surface area contributed by atoms with E-state index < -0.39 is 0 Å². The van der Waals surface area contributed by atoms with E-state index in [1.54, 1.807) is 0 Å². The fraction of sp³-hybridized carbons (Fsp3) is 0.375. The van der Waals surface area contributed by atoms with Crippen molar-refractivity contribution < 1.29 is 4.79 Å². The van der Waals surface area contributed by atoms with Crippen LogP contribution in [-0.2, 0) is 4.79 Å². The topological polar surface area (TPSA) is 32.3 Å². The molecular formula is C24H26N2O. The summed E-state index contributed by atoms with van der Waals surface area (Å²) in [6.07, 6.45) is 6.74. The van der Waals surface area contributed by atoms with Gasteiger partial charge in [0.15, 0.2) is 0 Å². The van der Waals surface area contributed by atoms with E-state index in [4.69, 9.17) is 0 Å². The van der Waals surface area contributed by atoms with E-state index in [9.17, 15) is 4.79 Å². The van der Waals surface area contributed by atoms with Crippen molar-refractivity contribution in [3.63, 3.8) is 0 Å². The van der Waals surface area contributed by atoms with Crippen LogP contribution in [-0.4, -0.2) is 23.4 Å². The van der Waals surface area contributed by atoms with Gasteiger partial charge in [-0.3, -0.25) is 9.69 Å². The molecule has 2 heterocycles. The van der Waals surface area contributed by atoms with Gasteiger partial charge in [-0.2, -0.15) is 0 Å². The van der Waals surface area contributed by atoms with Crippen molar-refractivity contribution >= 4 is 11.6 Å². The van der Waals surface area contributed by atoms with Crippen molar-refractivity contribution in [2.45, 2.75) is 51.1 Å². The van der Waals surface area contributed by atoms with Crippen molar-refractivity contribution in [3.05, 3.63) is 65.2 Å². The number of hydrogen-bond donors (Lipinski definition) is 1. The van der Waals surface area contributed by atoms with Gasteiger partial charge in [-0.1, -0.05) is 36.5 Å². The first-order valence-electron chi connectivity index (χ1n) is 9.94. The minimum Gasteiger partial charge on any atom is -0.326 e. The highest BCUT2D eigenvalue weighted by Gasteiger charge is 2.35. The lowest BCUT2D eigenvalue weighted by Gasteiger charge is -2.34. The molecule has 2 fully saturated rings. The maximum atomic E-state index is 11.2. The van der Waals surface area contributed by atoms with Crippen LogP contribution in [0.15, 0.2) is 48.5 Å². The average molecular weight is 358 g/mol. The van der Waals surface area contributed by atoms with Gasteiger partial charge in [0.2, 0.25) is 5.91 Å². The average Bonchev–Trinajstić information content (AvgIpc) is 3.11. The normalized spacial score (nSPS) is 21.8. The number of rotatable bonds is 2. The van der Waals surface area contributed by atoms with E-state index in [0.717, 1.165) is 22.9 Å². The Balaban J connectivity index is 1.46. The zero-order chi connectivity index (χ0) is 18.6. The monoisotopic (exact) mass is 358 g/mol. The third-order valence-electron chi connectivity index (χ3n) is 5.68. The molecule has 0 saturated carbocycles.